The molecule has 31 heavy (non-hydrogen) atoms. The molecule has 0 unspecified atom stereocenters. The van der Waals surface area contributed by atoms with Gasteiger partial charge < -0.3 is 25.2 Å². The third-order valence-corrected chi connectivity index (χ3v) is 5.02. The second kappa shape index (κ2) is 10.6. The first-order valence-corrected chi connectivity index (χ1v) is 11.2. The summed E-state index contributed by atoms with van der Waals surface area (Å²) in [5.74, 6) is 0.237. The molecule has 4 N–H and O–H groups in total. The van der Waals surface area contributed by atoms with Crippen LogP contribution in [-0.2, 0) is 9.84 Å². The van der Waals surface area contributed by atoms with Crippen molar-refractivity contribution in [3.63, 3.8) is 0 Å². The van der Waals surface area contributed by atoms with E-state index in [-0.39, 0.29) is 34.4 Å². The minimum atomic E-state index is -3.33. The van der Waals surface area contributed by atoms with Crippen LogP contribution in [0.1, 0.15) is 17.3 Å². The fourth-order valence-electron chi connectivity index (χ4n) is 2.39. The lowest BCUT2D eigenvalue weighted by Crippen LogP contribution is -2.28. The molecule has 2 rings (SSSR count). The van der Waals surface area contributed by atoms with Gasteiger partial charge in [-0.15, -0.1) is 0 Å². The number of sulfone groups is 1. The number of amides is 1. The average Bonchev–Trinajstić information content (AvgIpc) is 2.71. The largest absolute Gasteiger partial charge is 0.488 e. The highest BCUT2D eigenvalue weighted by Crippen LogP contribution is 2.29. The maximum absolute atomic E-state index is 12.6. The zero-order valence-corrected chi connectivity index (χ0v) is 18.2. The molecule has 0 aliphatic carbocycles. The van der Waals surface area contributed by atoms with Crippen LogP contribution >= 0.6 is 0 Å². The first-order chi connectivity index (χ1) is 14.6. The Balaban J connectivity index is 2.31. The van der Waals surface area contributed by atoms with Crippen LogP contribution in [0.25, 0.3) is 0 Å². The molecule has 2 aromatic rings. The normalized spacial score (nSPS) is 12.3. The highest BCUT2D eigenvalue weighted by molar-refractivity contribution is 7.90. The van der Waals surface area contributed by atoms with Crippen LogP contribution < -0.4 is 20.1 Å². The summed E-state index contributed by atoms with van der Waals surface area (Å²) in [4.78, 5) is 12.7. The Morgan fingerprint density at radius 3 is 2.39 bits per heavy atom. The molecule has 0 aromatic heterocycles. The number of ether oxygens (including phenoxy) is 2. The molecular formula is C21H25N3O6S. The van der Waals surface area contributed by atoms with Gasteiger partial charge in [0.05, 0.1) is 11.5 Å². The molecule has 9 nitrogen and oxygen atoms in total. The second-order valence-corrected chi connectivity index (χ2v) is 8.66. The highest BCUT2D eigenvalue weighted by Gasteiger charge is 2.14. The Morgan fingerprint density at radius 2 is 1.81 bits per heavy atom. The average molecular weight is 448 g/mol. The van der Waals surface area contributed by atoms with Crippen LogP contribution in [0.2, 0.25) is 0 Å². The highest BCUT2D eigenvalue weighted by atomic mass is 32.2. The van der Waals surface area contributed by atoms with E-state index in [4.69, 9.17) is 14.9 Å². The predicted molar refractivity (Wildman–Crippen MR) is 117 cm³/mol. The number of carbonyl (C=O) groups excluding carboxylic acids is 1. The monoisotopic (exact) mass is 447 g/mol. The molecule has 0 aliphatic rings. The van der Waals surface area contributed by atoms with E-state index in [1.807, 2.05) is 0 Å². The van der Waals surface area contributed by atoms with Gasteiger partial charge in [0.2, 0.25) is 0 Å². The molecule has 0 saturated carbocycles. The number of hydrogen-bond acceptors (Lipinski definition) is 8. The lowest BCUT2D eigenvalue weighted by atomic mass is 10.1. The van der Waals surface area contributed by atoms with E-state index in [1.165, 1.54) is 48.7 Å². The molecule has 0 fully saturated rings. The van der Waals surface area contributed by atoms with Gasteiger partial charge >= 0.3 is 0 Å². The van der Waals surface area contributed by atoms with Crippen LogP contribution in [0.5, 0.6) is 17.2 Å². The van der Waals surface area contributed by atoms with Crippen molar-refractivity contribution < 1.29 is 27.8 Å². The third-order valence-electron chi connectivity index (χ3n) is 3.89. The summed E-state index contributed by atoms with van der Waals surface area (Å²) in [7, 11) is -1.67. The van der Waals surface area contributed by atoms with E-state index in [0.29, 0.717) is 5.75 Å². The van der Waals surface area contributed by atoms with Gasteiger partial charge in [0, 0.05) is 24.9 Å². The number of amidine groups is 1. The number of nitrogens with one attached hydrogen (secondary N) is 3. The number of carbonyl (C=O) groups is 1. The van der Waals surface area contributed by atoms with Gasteiger partial charge in [-0.25, -0.2) is 8.42 Å². The van der Waals surface area contributed by atoms with E-state index >= 15 is 0 Å². The van der Waals surface area contributed by atoms with E-state index in [1.54, 1.807) is 20.0 Å². The fourth-order valence-corrected chi connectivity index (χ4v) is 3.02. The number of rotatable bonds is 9. The van der Waals surface area contributed by atoms with Gasteiger partial charge in [-0.1, -0.05) is 0 Å². The summed E-state index contributed by atoms with van der Waals surface area (Å²) in [6, 6.07) is 10.3. The van der Waals surface area contributed by atoms with Crippen LogP contribution in [0, 0.1) is 5.41 Å². The third kappa shape index (κ3) is 7.43. The molecule has 0 aliphatic heterocycles. The molecule has 0 heterocycles. The van der Waals surface area contributed by atoms with Crippen molar-refractivity contribution in [2.75, 3.05) is 19.9 Å². The van der Waals surface area contributed by atoms with E-state index < -0.39 is 21.8 Å². The van der Waals surface area contributed by atoms with Crippen molar-refractivity contribution in [3.8, 4) is 17.2 Å². The quantitative estimate of drug-likeness (QED) is 0.341. The van der Waals surface area contributed by atoms with Gasteiger partial charge in [-0.2, -0.15) is 0 Å². The first-order valence-electron chi connectivity index (χ1n) is 9.26. The minimum absolute atomic E-state index is 0.117. The summed E-state index contributed by atoms with van der Waals surface area (Å²) in [6.07, 6.45) is 3.48. The first kappa shape index (κ1) is 23.9. The van der Waals surface area contributed by atoms with Crippen molar-refractivity contribution in [2.24, 2.45) is 0 Å². The van der Waals surface area contributed by atoms with Gasteiger partial charge in [-0.3, -0.25) is 10.2 Å². The van der Waals surface area contributed by atoms with Crippen LogP contribution in [0.4, 0.5) is 0 Å². The van der Waals surface area contributed by atoms with Crippen LogP contribution in [-0.4, -0.2) is 51.3 Å². The topological polar surface area (TPSA) is 138 Å². The molecule has 0 radical (unpaired) electrons. The van der Waals surface area contributed by atoms with Crippen molar-refractivity contribution in [2.45, 2.75) is 17.9 Å². The predicted octanol–water partition coefficient (Wildman–Crippen LogP) is 2.08. The zero-order valence-electron chi connectivity index (χ0n) is 17.4. The lowest BCUT2D eigenvalue weighted by molar-refractivity contribution is 0.0975. The van der Waals surface area contributed by atoms with Crippen LogP contribution in [0.15, 0.2) is 59.6 Å². The number of hydrogen-bond donors (Lipinski definition) is 4. The Hall–Kier alpha value is -3.37. The molecule has 166 valence electrons. The SMILES string of the molecule is CN/C=C\C(=N)NC(=O)c1cc(Oc2ccc(S(C)(=O)=O)cc2)cc(O[C@@H](C)CO)c1. The summed E-state index contributed by atoms with van der Waals surface area (Å²) < 4.78 is 34.6. The van der Waals surface area contributed by atoms with Crippen molar-refractivity contribution >= 4 is 21.6 Å². The standard InChI is InChI=1S/C21H25N3O6S/c1-14(13-25)29-17-10-15(21(26)24-20(22)8-9-23-2)11-18(12-17)30-16-4-6-19(7-5-16)31(3,27)28/h4-12,14,23,25H,13H2,1-3H3,(H2,22,24,26)/b9-8-/t14-/m0/s1. The Morgan fingerprint density at radius 1 is 1.16 bits per heavy atom. The van der Waals surface area contributed by atoms with Crippen molar-refractivity contribution in [3.05, 3.63) is 60.3 Å². The van der Waals surface area contributed by atoms with Crippen molar-refractivity contribution in [1.29, 1.82) is 5.41 Å². The van der Waals surface area contributed by atoms with Gasteiger partial charge in [0.15, 0.2) is 9.84 Å². The molecule has 0 saturated heterocycles. The number of aliphatic hydroxyl groups is 1. The number of benzene rings is 2. The second-order valence-electron chi connectivity index (χ2n) is 6.64. The Labute approximate surface area is 181 Å². The van der Waals surface area contributed by atoms with Gasteiger partial charge in [-0.05, 0) is 55.6 Å². The molecule has 0 bridgehead atoms. The van der Waals surface area contributed by atoms with E-state index in [0.717, 1.165) is 6.26 Å². The maximum atomic E-state index is 12.6. The molecule has 2 aromatic carbocycles. The fraction of sp³-hybridized carbons (Fsp3) is 0.238. The van der Waals surface area contributed by atoms with Crippen LogP contribution in [0.3, 0.4) is 0 Å². The van der Waals surface area contributed by atoms with E-state index in [9.17, 15) is 18.3 Å². The molecule has 1 amide bonds. The van der Waals surface area contributed by atoms with Crippen molar-refractivity contribution in [1.82, 2.24) is 10.6 Å². The lowest BCUT2D eigenvalue weighted by Gasteiger charge is -2.15. The van der Waals surface area contributed by atoms with Gasteiger partial charge in [0.1, 0.15) is 29.2 Å². The Bertz CT molecular complexity index is 1070. The molecule has 0 spiro atoms. The summed E-state index contributed by atoms with van der Waals surface area (Å²) in [6.45, 7) is 1.44. The molecule has 10 heteroatoms. The smallest absolute Gasteiger partial charge is 0.257 e. The molecular weight excluding hydrogens is 422 g/mol. The number of aliphatic hydroxyl groups excluding tert-OH is 1. The maximum Gasteiger partial charge on any atom is 0.257 e. The van der Waals surface area contributed by atoms with Gasteiger partial charge in [0.25, 0.3) is 5.91 Å². The minimum Gasteiger partial charge on any atom is -0.488 e. The van der Waals surface area contributed by atoms with E-state index in [2.05, 4.69) is 10.6 Å². The Kier molecular flexibility index (Phi) is 8.17. The zero-order chi connectivity index (χ0) is 23.0. The summed E-state index contributed by atoms with van der Waals surface area (Å²) >= 11 is 0. The summed E-state index contributed by atoms with van der Waals surface area (Å²) in [5.41, 5.74) is 0.174. The summed E-state index contributed by atoms with van der Waals surface area (Å²) in [5, 5.41) is 22.2. The molecule has 1 atom stereocenters.